The van der Waals surface area contributed by atoms with Gasteiger partial charge in [-0.3, -0.25) is 0 Å². The van der Waals surface area contributed by atoms with Gasteiger partial charge in [-0.25, -0.2) is 0 Å². The molecule has 0 radical (unpaired) electrons. The molecule has 0 aliphatic heterocycles. The molecule has 0 unspecified atom stereocenters. The van der Waals surface area contributed by atoms with Crippen LogP contribution in [0, 0.1) is 0 Å². The molecule has 0 atom stereocenters. The van der Waals surface area contributed by atoms with Crippen LogP contribution in [0.4, 0.5) is 0 Å². The van der Waals surface area contributed by atoms with Crippen molar-refractivity contribution in [3.05, 3.63) is 0 Å². The van der Waals surface area contributed by atoms with Crippen LogP contribution in [-0.2, 0) is 0 Å². The van der Waals surface area contributed by atoms with Crippen LogP contribution in [0.1, 0.15) is 26.7 Å². The molecule has 0 aliphatic rings. The van der Waals surface area contributed by atoms with E-state index in [1.807, 2.05) is 6.92 Å². The van der Waals surface area contributed by atoms with Gasteiger partial charge >= 0.3 is 0 Å². The van der Waals surface area contributed by atoms with Gasteiger partial charge in [0.05, 0.1) is 0 Å². The Morgan fingerprint density at radius 1 is 1.25 bits per heavy atom. The van der Waals surface area contributed by atoms with E-state index in [2.05, 4.69) is 22.9 Å². The first-order valence-electron chi connectivity index (χ1n) is 3.00. The molecule has 1 N–H and O–H groups in total. The quantitative estimate of drug-likeness (QED) is 0.650. The van der Waals surface area contributed by atoms with E-state index in [9.17, 15) is 0 Å². The smallest absolute Gasteiger partial charge is 0.0428 e. The van der Waals surface area contributed by atoms with Crippen molar-refractivity contribution in [1.29, 1.82) is 0 Å². The molecular weight excluding hydrogens is 168 g/mol. The van der Waals surface area contributed by atoms with Crippen LogP contribution in [0.25, 0.3) is 0 Å². The summed E-state index contributed by atoms with van der Waals surface area (Å²) in [6.07, 6.45) is 2.11. The fraction of sp³-hybridized carbons (Fsp3) is 1.00. The Labute approximate surface area is 60.2 Å². The second-order valence-corrected chi connectivity index (χ2v) is 2.21. The van der Waals surface area contributed by atoms with E-state index in [0.29, 0.717) is 6.61 Å². The molecule has 0 aromatic carbocycles. The van der Waals surface area contributed by atoms with E-state index in [4.69, 9.17) is 5.11 Å². The maximum Gasteiger partial charge on any atom is 0.0428 e. The Balaban J connectivity index is 0. The molecule has 52 valence electrons. The zero-order valence-electron chi connectivity index (χ0n) is 5.65. The van der Waals surface area contributed by atoms with E-state index < -0.39 is 0 Å². The standard InChI is InChI=1S/C3H7Br.C3H8O/c2*1-2-3-4/h2-3H2,1H3;4H,2-3H2,1H3. The first-order chi connectivity index (χ1) is 3.83. The largest absolute Gasteiger partial charge is 0.396 e. The van der Waals surface area contributed by atoms with Crippen molar-refractivity contribution >= 4 is 15.9 Å². The van der Waals surface area contributed by atoms with E-state index in [0.717, 1.165) is 11.8 Å². The van der Waals surface area contributed by atoms with Crippen LogP contribution in [0.15, 0.2) is 0 Å². The molecule has 2 heteroatoms. The highest BCUT2D eigenvalue weighted by molar-refractivity contribution is 9.09. The zero-order valence-corrected chi connectivity index (χ0v) is 7.24. The number of alkyl halides is 1. The molecule has 0 spiro atoms. The minimum atomic E-state index is 0.319. The Hall–Kier alpha value is 0.440. The minimum Gasteiger partial charge on any atom is -0.396 e. The Morgan fingerprint density at radius 3 is 1.50 bits per heavy atom. The van der Waals surface area contributed by atoms with Gasteiger partial charge in [-0.1, -0.05) is 29.8 Å². The fourth-order valence-electron chi connectivity index (χ4n) is 0. The van der Waals surface area contributed by atoms with Gasteiger partial charge in [0.1, 0.15) is 0 Å². The van der Waals surface area contributed by atoms with Crippen molar-refractivity contribution in [1.82, 2.24) is 0 Å². The summed E-state index contributed by atoms with van der Waals surface area (Å²) in [7, 11) is 0. The topological polar surface area (TPSA) is 20.2 Å². The molecule has 0 aromatic heterocycles. The molecule has 0 saturated heterocycles. The van der Waals surface area contributed by atoms with Gasteiger partial charge in [0.15, 0.2) is 0 Å². The minimum absolute atomic E-state index is 0.319. The fourth-order valence-corrected chi connectivity index (χ4v) is 0. The lowest BCUT2D eigenvalue weighted by atomic mass is 10.5. The molecule has 0 aromatic rings. The predicted molar refractivity (Wildman–Crippen MR) is 41.5 cm³/mol. The Kier molecular flexibility index (Phi) is 22.0. The highest BCUT2D eigenvalue weighted by atomic mass is 79.9. The SMILES string of the molecule is CCCBr.CCCO. The molecule has 8 heavy (non-hydrogen) atoms. The number of hydrogen-bond acceptors (Lipinski definition) is 1. The summed E-state index contributed by atoms with van der Waals surface area (Å²) in [4.78, 5) is 0. The molecule has 0 amide bonds. The normalized spacial score (nSPS) is 7.50. The van der Waals surface area contributed by atoms with Crippen LogP contribution in [0.5, 0.6) is 0 Å². The molecule has 0 saturated carbocycles. The van der Waals surface area contributed by atoms with Gasteiger partial charge in [-0.05, 0) is 12.8 Å². The molecule has 0 rings (SSSR count). The van der Waals surface area contributed by atoms with Crippen LogP contribution in [-0.4, -0.2) is 17.0 Å². The van der Waals surface area contributed by atoms with Crippen molar-refractivity contribution in [3.63, 3.8) is 0 Å². The summed E-state index contributed by atoms with van der Waals surface area (Å²) in [5, 5.41) is 9.01. The van der Waals surface area contributed by atoms with E-state index in [1.165, 1.54) is 6.42 Å². The number of halogens is 1. The highest BCUT2D eigenvalue weighted by Crippen LogP contribution is 1.80. The maximum atomic E-state index is 7.88. The number of hydrogen-bond donors (Lipinski definition) is 1. The zero-order chi connectivity index (χ0) is 6.83. The van der Waals surface area contributed by atoms with Crippen LogP contribution >= 0.6 is 15.9 Å². The first kappa shape index (κ1) is 11.3. The Bertz CT molecular complexity index is 16.5. The van der Waals surface area contributed by atoms with Gasteiger partial charge in [0.25, 0.3) is 0 Å². The van der Waals surface area contributed by atoms with Gasteiger partial charge in [0.2, 0.25) is 0 Å². The lowest BCUT2D eigenvalue weighted by Gasteiger charge is -1.69. The van der Waals surface area contributed by atoms with Crippen LogP contribution in [0.3, 0.4) is 0 Å². The number of aliphatic hydroxyl groups is 1. The second kappa shape index (κ2) is 15.7. The lowest BCUT2D eigenvalue weighted by Crippen LogP contribution is -1.69. The monoisotopic (exact) mass is 182 g/mol. The van der Waals surface area contributed by atoms with E-state index >= 15 is 0 Å². The Morgan fingerprint density at radius 2 is 1.50 bits per heavy atom. The van der Waals surface area contributed by atoms with E-state index in [-0.39, 0.29) is 0 Å². The highest BCUT2D eigenvalue weighted by Gasteiger charge is 1.58. The van der Waals surface area contributed by atoms with Crippen molar-refractivity contribution < 1.29 is 5.11 Å². The van der Waals surface area contributed by atoms with Crippen LogP contribution in [0.2, 0.25) is 0 Å². The lowest BCUT2D eigenvalue weighted by molar-refractivity contribution is 0.295. The summed E-state index contributed by atoms with van der Waals surface area (Å²) < 4.78 is 0. The first-order valence-corrected chi connectivity index (χ1v) is 4.12. The molecule has 1 nitrogen and oxygen atoms in total. The summed E-state index contributed by atoms with van der Waals surface area (Å²) in [5.74, 6) is 0. The third-order valence-electron chi connectivity index (χ3n) is 0.413. The predicted octanol–water partition coefficient (Wildman–Crippen LogP) is 2.18. The van der Waals surface area contributed by atoms with Crippen molar-refractivity contribution in [2.45, 2.75) is 26.7 Å². The summed E-state index contributed by atoms with van der Waals surface area (Å²) in [6.45, 7) is 4.38. The number of aliphatic hydroxyl groups excluding tert-OH is 1. The van der Waals surface area contributed by atoms with Gasteiger partial charge in [-0.15, -0.1) is 0 Å². The summed E-state index contributed by atoms with van der Waals surface area (Å²) in [6, 6.07) is 0. The van der Waals surface area contributed by atoms with Crippen molar-refractivity contribution in [2.75, 3.05) is 11.9 Å². The van der Waals surface area contributed by atoms with Crippen molar-refractivity contribution in [2.24, 2.45) is 0 Å². The van der Waals surface area contributed by atoms with Gasteiger partial charge in [-0.2, -0.15) is 0 Å². The van der Waals surface area contributed by atoms with Gasteiger partial charge in [0, 0.05) is 11.9 Å². The third-order valence-corrected chi connectivity index (χ3v) is 1.21. The molecule has 0 bridgehead atoms. The molecule has 0 aliphatic carbocycles. The number of rotatable bonds is 2. The summed E-state index contributed by atoms with van der Waals surface area (Å²) >= 11 is 3.25. The second-order valence-electron chi connectivity index (χ2n) is 1.41. The van der Waals surface area contributed by atoms with Gasteiger partial charge < -0.3 is 5.11 Å². The third kappa shape index (κ3) is 32.0. The van der Waals surface area contributed by atoms with Crippen LogP contribution < -0.4 is 0 Å². The molecule has 0 heterocycles. The molecular formula is C6H15BrO. The van der Waals surface area contributed by atoms with E-state index in [1.54, 1.807) is 0 Å². The average molecular weight is 183 g/mol. The molecule has 0 fully saturated rings. The maximum absolute atomic E-state index is 7.88. The van der Waals surface area contributed by atoms with Crippen molar-refractivity contribution in [3.8, 4) is 0 Å². The summed E-state index contributed by atoms with van der Waals surface area (Å²) in [5.41, 5.74) is 0. The average Bonchev–Trinajstić information content (AvgIpc) is 1.88.